The number of hydrogen-bond donors (Lipinski definition) is 0. The molecule has 4 heteroatoms. The molecule has 0 unspecified atom stereocenters. The highest BCUT2D eigenvalue weighted by Gasteiger charge is 2.09. The van der Waals surface area contributed by atoms with E-state index in [0.29, 0.717) is 4.88 Å². The number of ketones is 1. The van der Waals surface area contributed by atoms with E-state index >= 15 is 0 Å². The Morgan fingerprint density at radius 1 is 1.64 bits per heavy atom. The SMILES string of the molecule is N#CCC(=O)c1cc2cccnc2s1. The zero-order valence-electron chi connectivity index (χ0n) is 7.23. The Morgan fingerprint density at radius 3 is 3.21 bits per heavy atom. The fraction of sp³-hybridized carbons (Fsp3) is 0.100. The first-order valence-corrected chi connectivity index (χ1v) is 4.87. The van der Waals surface area contributed by atoms with Gasteiger partial charge < -0.3 is 0 Å². The molecule has 0 N–H and O–H groups in total. The quantitative estimate of drug-likeness (QED) is 0.702. The number of carbonyl (C=O) groups is 1. The maximum Gasteiger partial charge on any atom is 0.186 e. The van der Waals surface area contributed by atoms with Gasteiger partial charge >= 0.3 is 0 Å². The van der Waals surface area contributed by atoms with Crippen molar-refractivity contribution in [2.24, 2.45) is 0 Å². The van der Waals surface area contributed by atoms with Gasteiger partial charge in [0.05, 0.1) is 17.4 Å². The van der Waals surface area contributed by atoms with Gasteiger partial charge in [0.15, 0.2) is 5.78 Å². The summed E-state index contributed by atoms with van der Waals surface area (Å²) in [5, 5.41) is 9.35. The first-order valence-electron chi connectivity index (χ1n) is 4.06. The maximum absolute atomic E-state index is 11.4. The number of thiophene rings is 1. The van der Waals surface area contributed by atoms with E-state index in [9.17, 15) is 4.79 Å². The van der Waals surface area contributed by atoms with Crippen LogP contribution >= 0.6 is 11.3 Å². The molecule has 0 amide bonds. The van der Waals surface area contributed by atoms with Gasteiger partial charge in [0.25, 0.3) is 0 Å². The van der Waals surface area contributed by atoms with Crippen molar-refractivity contribution in [2.45, 2.75) is 6.42 Å². The minimum Gasteiger partial charge on any atom is -0.292 e. The van der Waals surface area contributed by atoms with Gasteiger partial charge in [0, 0.05) is 11.6 Å². The molecule has 2 heterocycles. The molecule has 0 aromatic carbocycles. The maximum atomic E-state index is 11.4. The van der Waals surface area contributed by atoms with E-state index in [1.165, 1.54) is 11.3 Å². The van der Waals surface area contributed by atoms with Crippen molar-refractivity contribution in [3.05, 3.63) is 29.3 Å². The fourth-order valence-electron chi connectivity index (χ4n) is 1.17. The van der Waals surface area contributed by atoms with Crippen LogP contribution in [0.4, 0.5) is 0 Å². The van der Waals surface area contributed by atoms with Crippen LogP contribution in [0, 0.1) is 11.3 Å². The van der Waals surface area contributed by atoms with Crippen LogP contribution in [0.1, 0.15) is 16.1 Å². The molecule has 2 aromatic heterocycles. The number of rotatable bonds is 2. The predicted octanol–water partition coefficient (Wildman–Crippen LogP) is 2.39. The molecule has 0 atom stereocenters. The molecule has 3 nitrogen and oxygen atoms in total. The summed E-state index contributed by atoms with van der Waals surface area (Å²) >= 11 is 1.33. The van der Waals surface area contributed by atoms with E-state index in [-0.39, 0.29) is 12.2 Å². The van der Waals surface area contributed by atoms with Crippen LogP contribution in [-0.4, -0.2) is 10.8 Å². The molecule has 2 rings (SSSR count). The lowest BCUT2D eigenvalue weighted by Gasteiger charge is -1.85. The van der Waals surface area contributed by atoms with Crippen molar-refractivity contribution in [3.63, 3.8) is 0 Å². The molecule has 0 saturated carbocycles. The summed E-state index contributed by atoms with van der Waals surface area (Å²) in [7, 11) is 0. The second-order valence-corrected chi connectivity index (χ2v) is 3.80. The Kier molecular flexibility index (Phi) is 2.25. The van der Waals surface area contributed by atoms with E-state index in [1.807, 2.05) is 18.2 Å². The van der Waals surface area contributed by atoms with Crippen molar-refractivity contribution in [3.8, 4) is 6.07 Å². The Hall–Kier alpha value is -1.73. The lowest BCUT2D eigenvalue weighted by atomic mass is 10.2. The zero-order chi connectivity index (χ0) is 9.97. The number of nitrogens with zero attached hydrogens (tertiary/aromatic N) is 2. The van der Waals surface area contributed by atoms with Crippen LogP contribution in [0.3, 0.4) is 0 Å². The second kappa shape index (κ2) is 3.56. The van der Waals surface area contributed by atoms with E-state index in [0.717, 1.165) is 10.2 Å². The Bertz CT molecular complexity index is 491. The largest absolute Gasteiger partial charge is 0.292 e. The third-order valence-corrected chi connectivity index (χ3v) is 2.91. The predicted molar refractivity (Wildman–Crippen MR) is 54.2 cm³/mol. The Morgan fingerprint density at radius 2 is 2.50 bits per heavy atom. The number of nitriles is 1. The minimum absolute atomic E-state index is 0.0627. The van der Waals surface area contributed by atoms with Crippen LogP contribution in [-0.2, 0) is 0 Å². The van der Waals surface area contributed by atoms with Crippen LogP contribution in [0.5, 0.6) is 0 Å². The smallest absolute Gasteiger partial charge is 0.186 e. The topological polar surface area (TPSA) is 53.8 Å². The van der Waals surface area contributed by atoms with E-state index in [1.54, 1.807) is 12.3 Å². The van der Waals surface area contributed by atoms with E-state index in [4.69, 9.17) is 5.26 Å². The Labute approximate surface area is 84.6 Å². The second-order valence-electron chi connectivity index (χ2n) is 2.77. The van der Waals surface area contributed by atoms with Crippen molar-refractivity contribution in [2.75, 3.05) is 0 Å². The van der Waals surface area contributed by atoms with Crippen LogP contribution in [0.2, 0.25) is 0 Å². The number of Topliss-reactive ketones (excluding diaryl/α,β-unsaturated/α-hetero) is 1. The molecule has 0 aliphatic heterocycles. The molecule has 0 fully saturated rings. The average molecular weight is 202 g/mol. The molecular formula is C10H6N2OS. The van der Waals surface area contributed by atoms with Crippen LogP contribution < -0.4 is 0 Å². The van der Waals surface area contributed by atoms with Crippen molar-refractivity contribution in [1.82, 2.24) is 4.98 Å². The third kappa shape index (κ3) is 1.50. The molecule has 14 heavy (non-hydrogen) atoms. The summed E-state index contributed by atoms with van der Waals surface area (Å²) in [6.45, 7) is 0. The molecule has 0 aliphatic carbocycles. The highest BCUT2D eigenvalue weighted by molar-refractivity contribution is 7.20. The number of hydrogen-bond acceptors (Lipinski definition) is 4. The monoisotopic (exact) mass is 202 g/mol. The lowest BCUT2D eigenvalue weighted by Crippen LogP contribution is -1.91. The molecule has 68 valence electrons. The van der Waals surface area contributed by atoms with Crippen molar-refractivity contribution >= 4 is 27.3 Å². The lowest BCUT2D eigenvalue weighted by molar-refractivity contribution is 0.100. The van der Waals surface area contributed by atoms with Gasteiger partial charge in [0.1, 0.15) is 4.83 Å². The van der Waals surface area contributed by atoms with Crippen LogP contribution in [0.25, 0.3) is 10.2 Å². The van der Waals surface area contributed by atoms with Gasteiger partial charge in [-0.15, -0.1) is 11.3 Å². The number of fused-ring (bicyclic) bond motifs is 1. The first-order chi connectivity index (χ1) is 6.81. The summed E-state index contributed by atoms with van der Waals surface area (Å²) in [5.74, 6) is -0.129. The zero-order valence-corrected chi connectivity index (χ0v) is 8.04. The fourth-order valence-corrected chi connectivity index (χ4v) is 2.11. The Balaban J connectivity index is 2.46. The first kappa shape index (κ1) is 8.85. The number of pyridine rings is 1. The third-order valence-electron chi connectivity index (χ3n) is 1.81. The molecular weight excluding hydrogens is 196 g/mol. The van der Waals surface area contributed by atoms with Crippen molar-refractivity contribution < 1.29 is 4.79 Å². The summed E-state index contributed by atoms with van der Waals surface area (Å²) in [5.41, 5.74) is 0. The normalized spacial score (nSPS) is 9.93. The standard InChI is InChI=1S/C10H6N2OS/c11-4-3-8(13)9-6-7-2-1-5-12-10(7)14-9/h1-2,5-6H,3H2. The number of carbonyl (C=O) groups excluding carboxylic acids is 1. The molecule has 0 aliphatic rings. The molecule has 2 aromatic rings. The molecule has 0 saturated heterocycles. The molecule has 0 bridgehead atoms. The van der Waals surface area contributed by atoms with E-state index < -0.39 is 0 Å². The molecule has 0 spiro atoms. The summed E-state index contributed by atoms with van der Waals surface area (Å²) < 4.78 is 0. The van der Waals surface area contributed by atoms with Crippen LogP contribution in [0.15, 0.2) is 24.4 Å². The summed E-state index contributed by atoms with van der Waals surface area (Å²) in [4.78, 5) is 17.0. The van der Waals surface area contributed by atoms with E-state index in [2.05, 4.69) is 4.98 Å². The van der Waals surface area contributed by atoms with Gasteiger partial charge in [-0.3, -0.25) is 4.79 Å². The highest BCUT2D eigenvalue weighted by atomic mass is 32.1. The van der Waals surface area contributed by atoms with Gasteiger partial charge in [-0.25, -0.2) is 4.98 Å². The number of aromatic nitrogens is 1. The average Bonchev–Trinajstić information content (AvgIpc) is 2.61. The van der Waals surface area contributed by atoms with Gasteiger partial charge in [-0.2, -0.15) is 5.26 Å². The summed E-state index contributed by atoms with van der Waals surface area (Å²) in [6.07, 6.45) is 1.63. The van der Waals surface area contributed by atoms with Gasteiger partial charge in [-0.1, -0.05) is 6.07 Å². The highest BCUT2D eigenvalue weighted by Crippen LogP contribution is 2.23. The minimum atomic E-state index is -0.129. The van der Waals surface area contributed by atoms with Gasteiger partial charge in [0.2, 0.25) is 0 Å². The van der Waals surface area contributed by atoms with Crippen molar-refractivity contribution in [1.29, 1.82) is 5.26 Å². The van der Waals surface area contributed by atoms with Gasteiger partial charge in [-0.05, 0) is 12.1 Å². The summed E-state index contributed by atoms with van der Waals surface area (Å²) in [6, 6.07) is 7.36. The molecule has 0 radical (unpaired) electrons.